The third-order valence-corrected chi connectivity index (χ3v) is 4.82. The lowest BCUT2D eigenvalue weighted by molar-refractivity contribution is -0.141. The van der Waals surface area contributed by atoms with Crippen molar-refractivity contribution >= 4 is 23.5 Å². The van der Waals surface area contributed by atoms with Crippen molar-refractivity contribution in [1.29, 1.82) is 0 Å². The molecule has 1 aliphatic rings. The maximum absolute atomic E-state index is 13.0. The van der Waals surface area contributed by atoms with Gasteiger partial charge in [-0.2, -0.15) is 0 Å². The van der Waals surface area contributed by atoms with E-state index in [0.29, 0.717) is 23.0 Å². The van der Waals surface area contributed by atoms with Crippen LogP contribution in [0.3, 0.4) is 0 Å². The van der Waals surface area contributed by atoms with Gasteiger partial charge in [0.1, 0.15) is 0 Å². The Morgan fingerprint density at radius 2 is 2.04 bits per heavy atom. The Bertz CT molecular complexity index is 561. The minimum absolute atomic E-state index is 0.0600. The number of carbonyl (C=O) groups is 2. The molecule has 1 aliphatic carbocycles. The molecule has 2 rings (SSSR count). The fourth-order valence-electron chi connectivity index (χ4n) is 3.28. The molecule has 0 spiro atoms. The van der Waals surface area contributed by atoms with Crippen LogP contribution in [0.25, 0.3) is 0 Å². The van der Waals surface area contributed by atoms with Crippen LogP contribution in [0.4, 0.5) is 0 Å². The van der Waals surface area contributed by atoms with Crippen molar-refractivity contribution in [3.8, 4) is 0 Å². The van der Waals surface area contributed by atoms with E-state index in [9.17, 15) is 9.59 Å². The van der Waals surface area contributed by atoms with Gasteiger partial charge in [0, 0.05) is 23.2 Å². The Kier molecular flexibility index (Phi) is 6.46. The fraction of sp³-hybridized carbons (Fsp3) is 0.556. The van der Waals surface area contributed by atoms with Crippen LogP contribution in [-0.2, 0) is 9.53 Å². The summed E-state index contributed by atoms with van der Waals surface area (Å²) in [5.41, 5.74) is 0.570. The van der Waals surface area contributed by atoms with Gasteiger partial charge >= 0.3 is 5.97 Å². The van der Waals surface area contributed by atoms with Gasteiger partial charge in [-0.25, -0.2) is 0 Å². The highest BCUT2D eigenvalue weighted by Crippen LogP contribution is 2.29. The molecule has 2 unspecified atom stereocenters. The molecular formula is C18H24ClNO3. The first-order valence-electron chi connectivity index (χ1n) is 8.16. The molecule has 0 N–H and O–H groups in total. The van der Waals surface area contributed by atoms with Crippen molar-refractivity contribution in [3.63, 3.8) is 0 Å². The van der Waals surface area contributed by atoms with Crippen LogP contribution in [0.1, 0.15) is 49.4 Å². The maximum atomic E-state index is 13.0. The predicted molar refractivity (Wildman–Crippen MR) is 90.5 cm³/mol. The van der Waals surface area contributed by atoms with E-state index in [1.807, 2.05) is 4.90 Å². The Morgan fingerprint density at radius 1 is 1.30 bits per heavy atom. The van der Waals surface area contributed by atoms with E-state index < -0.39 is 0 Å². The van der Waals surface area contributed by atoms with Gasteiger partial charge < -0.3 is 9.64 Å². The molecule has 2 atom stereocenters. The van der Waals surface area contributed by atoms with E-state index >= 15 is 0 Å². The van der Waals surface area contributed by atoms with Gasteiger partial charge in [-0.05, 0) is 37.0 Å². The van der Waals surface area contributed by atoms with Gasteiger partial charge in [0.05, 0.1) is 13.5 Å². The summed E-state index contributed by atoms with van der Waals surface area (Å²) >= 11 is 6.01. The predicted octanol–water partition coefficient (Wildman–Crippen LogP) is 3.92. The number of hydrogen-bond donors (Lipinski definition) is 0. The number of rotatable bonds is 5. The fourth-order valence-corrected chi connectivity index (χ4v) is 3.47. The van der Waals surface area contributed by atoms with Crippen molar-refractivity contribution in [3.05, 3.63) is 34.9 Å². The minimum atomic E-state index is -0.294. The molecule has 5 heteroatoms. The van der Waals surface area contributed by atoms with E-state index in [2.05, 4.69) is 6.92 Å². The summed E-state index contributed by atoms with van der Waals surface area (Å²) in [4.78, 5) is 26.3. The first kappa shape index (κ1) is 17.8. The Morgan fingerprint density at radius 3 is 2.70 bits per heavy atom. The topological polar surface area (TPSA) is 46.6 Å². The lowest BCUT2D eigenvalue weighted by Gasteiger charge is -2.38. The highest BCUT2D eigenvalue weighted by molar-refractivity contribution is 6.30. The molecule has 0 radical (unpaired) electrons. The van der Waals surface area contributed by atoms with Gasteiger partial charge in [-0.15, -0.1) is 0 Å². The number of benzene rings is 1. The standard InChI is InChI=1S/C18H24ClNO3/c1-13-6-3-4-9-16(13)20(11-10-17(21)23-2)18(22)14-7-5-8-15(19)12-14/h5,7-8,12-13,16H,3-4,6,9-11H2,1-2H3. The summed E-state index contributed by atoms with van der Waals surface area (Å²) in [5.74, 6) is 0.0806. The molecule has 23 heavy (non-hydrogen) atoms. The minimum Gasteiger partial charge on any atom is -0.469 e. The summed E-state index contributed by atoms with van der Waals surface area (Å²) in [7, 11) is 1.37. The lowest BCUT2D eigenvalue weighted by atomic mass is 9.84. The maximum Gasteiger partial charge on any atom is 0.307 e. The molecule has 0 saturated heterocycles. The number of esters is 1. The van der Waals surface area contributed by atoms with Crippen molar-refractivity contribution in [2.24, 2.45) is 5.92 Å². The summed E-state index contributed by atoms with van der Waals surface area (Å²) in [6, 6.07) is 7.15. The van der Waals surface area contributed by atoms with E-state index in [4.69, 9.17) is 16.3 Å². The van der Waals surface area contributed by atoms with E-state index in [1.165, 1.54) is 13.5 Å². The van der Waals surface area contributed by atoms with Crippen molar-refractivity contribution in [2.75, 3.05) is 13.7 Å². The Labute approximate surface area is 142 Å². The monoisotopic (exact) mass is 337 g/mol. The smallest absolute Gasteiger partial charge is 0.307 e. The van der Waals surface area contributed by atoms with Crippen LogP contribution in [0.5, 0.6) is 0 Å². The molecule has 1 amide bonds. The first-order valence-corrected chi connectivity index (χ1v) is 8.54. The van der Waals surface area contributed by atoms with E-state index in [1.54, 1.807) is 24.3 Å². The average molecular weight is 338 g/mol. The molecule has 1 aromatic carbocycles. The number of nitrogens with zero attached hydrogens (tertiary/aromatic N) is 1. The molecule has 1 fully saturated rings. The van der Waals surface area contributed by atoms with Crippen LogP contribution < -0.4 is 0 Å². The third-order valence-electron chi connectivity index (χ3n) is 4.58. The zero-order valence-corrected chi connectivity index (χ0v) is 14.5. The number of ether oxygens (including phenoxy) is 1. The molecular weight excluding hydrogens is 314 g/mol. The lowest BCUT2D eigenvalue weighted by Crippen LogP contribution is -2.46. The molecule has 126 valence electrons. The molecule has 0 heterocycles. The third kappa shape index (κ3) is 4.71. The van der Waals surface area contributed by atoms with Crippen LogP contribution in [0.2, 0.25) is 5.02 Å². The zero-order chi connectivity index (χ0) is 16.8. The largest absolute Gasteiger partial charge is 0.469 e. The van der Waals surface area contributed by atoms with Crippen LogP contribution in [0, 0.1) is 5.92 Å². The second-order valence-electron chi connectivity index (χ2n) is 6.16. The SMILES string of the molecule is COC(=O)CCN(C(=O)c1cccc(Cl)c1)C1CCCCC1C. The highest BCUT2D eigenvalue weighted by Gasteiger charge is 2.31. The molecule has 0 aromatic heterocycles. The van der Waals surface area contributed by atoms with E-state index in [-0.39, 0.29) is 24.3 Å². The average Bonchev–Trinajstić information content (AvgIpc) is 2.56. The molecule has 1 aromatic rings. The number of halogens is 1. The summed E-state index contributed by atoms with van der Waals surface area (Å²) in [5, 5.41) is 0.542. The Hall–Kier alpha value is -1.55. The quantitative estimate of drug-likeness (QED) is 0.765. The van der Waals surface area contributed by atoms with Gasteiger partial charge in [0.25, 0.3) is 5.91 Å². The summed E-state index contributed by atoms with van der Waals surface area (Å²) < 4.78 is 4.72. The molecule has 0 aliphatic heterocycles. The first-order chi connectivity index (χ1) is 11.0. The van der Waals surface area contributed by atoms with Crippen LogP contribution >= 0.6 is 11.6 Å². The van der Waals surface area contributed by atoms with Gasteiger partial charge in [-0.1, -0.05) is 37.4 Å². The number of hydrogen-bond acceptors (Lipinski definition) is 3. The zero-order valence-electron chi connectivity index (χ0n) is 13.8. The summed E-state index contributed by atoms with van der Waals surface area (Å²) in [6.45, 7) is 2.56. The van der Waals surface area contributed by atoms with Gasteiger partial charge in [0.15, 0.2) is 0 Å². The second kappa shape index (κ2) is 8.34. The summed E-state index contributed by atoms with van der Waals surface area (Å²) in [6.07, 6.45) is 4.63. The van der Waals surface area contributed by atoms with Gasteiger partial charge in [-0.3, -0.25) is 9.59 Å². The Balaban J connectivity index is 2.20. The molecule has 1 saturated carbocycles. The van der Waals surface area contributed by atoms with Crippen molar-refractivity contribution < 1.29 is 14.3 Å². The molecule has 4 nitrogen and oxygen atoms in total. The number of amides is 1. The molecule has 0 bridgehead atoms. The number of carbonyl (C=O) groups excluding carboxylic acids is 2. The second-order valence-corrected chi connectivity index (χ2v) is 6.60. The van der Waals surface area contributed by atoms with E-state index in [0.717, 1.165) is 19.3 Å². The van der Waals surface area contributed by atoms with Crippen LogP contribution in [0.15, 0.2) is 24.3 Å². The normalized spacial score (nSPS) is 20.8. The van der Waals surface area contributed by atoms with Crippen molar-refractivity contribution in [2.45, 2.75) is 45.1 Å². The van der Waals surface area contributed by atoms with Gasteiger partial charge in [0.2, 0.25) is 0 Å². The van der Waals surface area contributed by atoms with Crippen LogP contribution in [-0.4, -0.2) is 36.5 Å². The highest BCUT2D eigenvalue weighted by atomic mass is 35.5. The number of methoxy groups -OCH3 is 1. The van der Waals surface area contributed by atoms with Crippen molar-refractivity contribution in [1.82, 2.24) is 4.90 Å².